The number of nitro benzene ring substituents is 1. The Labute approximate surface area is 140 Å². The summed E-state index contributed by atoms with van der Waals surface area (Å²) in [5.74, 6) is -0.578. The second-order valence-electron chi connectivity index (χ2n) is 5.99. The minimum atomic E-state index is -0.578. The molecule has 0 N–H and O–H groups in total. The minimum Gasteiger partial charge on any atom is -0.365 e. The summed E-state index contributed by atoms with van der Waals surface area (Å²) in [6, 6.07) is 14.1. The van der Waals surface area contributed by atoms with Crippen LogP contribution in [0.3, 0.4) is 0 Å². The van der Waals surface area contributed by atoms with Crippen molar-refractivity contribution < 1.29 is 9.31 Å². The largest absolute Gasteiger partial charge is 0.365 e. The molecular formula is C18H20FN3O2. The van der Waals surface area contributed by atoms with Crippen LogP contribution in [0.1, 0.15) is 12.0 Å². The van der Waals surface area contributed by atoms with Gasteiger partial charge in [-0.1, -0.05) is 30.3 Å². The average Bonchev–Trinajstić information content (AvgIpc) is 2.81. The lowest BCUT2D eigenvalue weighted by molar-refractivity contribution is -0.384. The van der Waals surface area contributed by atoms with Crippen molar-refractivity contribution in [2.75, 3.05) is 31.1 Å². The number of halogens is 1. The Bertz CT molecular complexity index is 709. The molecule has 0 saturated carbocycles. The molecule has 24 heavy (non-hydrogen) atoms. The first-order chi connectivity index (χ1) is 11.6. The second kappa shape index (κ2) is 7.40. The highest BCUT2D eigenvalue weighted by atomic mass is 19.1. The fraction of sp³-hybridized carbons (Fsp3) is 0.333. The fourth-order valence-electron chi connectivity index (χ4n) is 3.12. The number of anilines is 1. The molecule has 0 bridgehead atoms. The molecule has 0 unspecified atom stereocenters. The number of nitrogens with zero attached hydrogens (tertiary/aromatic N) is 3. The van der Waals surface area contributed by atoms with Gasteiger partial charge in [0.15, 0.2) is 0 Å². The van der Waals surface area contributed by atoms with Gasteiger partial charge in [0, 0.05) is 32.7 Å². The Kier molecular flexibility index (Phi) is 5.05. The Morgan fingerprint density at radius 2 is 1.83 bits per heavy atom. The van der Waals surface area contributed by atoms with Gasteiger partial charge in [-0.3, -0.25) is 15.0 Å². The predicted octanol–water partition coefficient (Wildman–Crippen LogP) is 3.45. The van der Waals surface area contributed by atoms with E-state index in [1.165, 1.54) is 17.7 Å². The lowest BCUT2D eigenvalue weighted by Crippen LogP contribution is -2.30. The van der Waals surface area contributed by atoms with E-state index in [1.807, 2.05) is 23.1 Å². The van der Waals surface area contributed by atoms with Crippen molar-refractivity contribution >= 4 is 11.4 Å². The van der Waals surface area contributed by atoms with E-state index >= 15 is 0 Å². The fourth-order valence-corrected chi connectivity index (χ4v) is 3.12. The van der Waals surface area contributed by atoms with Gasteiger partial charge in [-0.05, 0) is 24.1 Å². The van der Waals surface area contributed by atoms with E-state index in [1.54, 1.807) is 0 Å². The molecule has 6 heteroatoms. The second-order valence-corrected chi connectivity index (χ2v) is 5.99. The van der Waals surface area contributed by atoms with Crippen molar-refractivity contribution in [3.8, 4) is 0 Å². The van der Waals surface area contributed by atoms with Crippen LogP contribution >= 0.6 is 0 Å². The molecule has 0 aromatic heterocycles. The molecule has 0 aliphatic carbocycles. The van der Waals surface area contributed by atoms with Crippen LogP contribution in [0.25, 0.3) is 0 Å². The summed E-state index contributed by atoms with van der Waals surface area (Å²) in [5.41, 5.74) is 1.60. The van der Waals surface area contributed by atoms with Crippen LogP contribution in [-0.4, -0.2) is 36.0 Å². The van der Waals surface area contributed by atoms with E-state index in [-0.39, 0.29) is 5.69 Å². The lowest BCUT2D eigenvalue weighted by Gasteiger charge is -2.23. The molecule has 0 amide bonds. The van der Waals surface area contributed by atoms with E-state index in [0.29, 0.717) is 12.2 Å². The Morgan fingerprint density at radius 3 is 2.58 bits per heavy atom. The van der Waals surface area contributed by atoms with Gasteiger partial charge in [0.05, 0.1) is 11.0 Å². The van der Waals surface area contributed by atoms with Gasteiger partial charge in [-0.25, -0.2) is 4.39 Å². The van der Waals surface area contributed by atoms with E-state index in [4.69, 9.17) is 0 Å². The summed E-state index contributed by atoms with van der Waals surface area (Å²) in [5, 5.41) is 11.2. The zero-order chi connectivity index (χ0) is 16.9. The maximum absolute atomic E-state index is 13.3. The third kappa shape index (κ3) is 3.89. The summed E-state index contributed by atoms with van der Waals surface area (Å²) in [4.78, 5) is 15.0. The molecule has 0 spiro atoms. The highest BCUT2D eigenvalue weighted by Gasteiger charge is 2.22. The van der Waals surface area contributed by atoms with Crippen LogP contribution in [0.2, 0.25) is 0 Å². The minimum absolute atomic E-state index is 0.161. The first-order valence-electron chi connectivity index (χ1n) is 8.08. The molecule has 3 rings (SSSR count). The summed E-state index contributed by atoms with van der Waals surface area (Å²) in [6.45, 7) is 4.07. The Hall–Kier alpha value is -2.47. The van der Waals surface area contributed by atoms with Gasteiger partial charge in [-0.15, -0.1) is 0 Å². The van der Waals surface area contributed by atoms with Crippen LogP contribution in [0.15, 0.2) is 48.5 Å². The summed E-state index contributed by atoms with van der Waals surface area (Å²) < 4.78 is 13.3. The molecule has 1 aliphatic rings. The van der Waals surface area contributed by atoms with Crippen molar-refractivity contribution in [3.63, 3.8) is 0 Å². The number of hydrogen-bond donors (Lipinski definition) is 0. The molecule has 126 valence electrons. The van der Waals surface area contributed by atoms with E-state index in [0.717, 1.165) is 38.7 Å². The highest BCUT2D eigenvalue weighted by molar-refractivity contribution is 5.63. The quantitative estimate of drug-likeness (QED) is 0.637. The summed E-state index contributed by atoms with van der Waals surface area (Å²) in [7, 11) is 0. The third-order valence-corrected chi connectivity index (χ3v) is 4.31. The SMILES string of the molecule is O=[N+]([O-])c1cc(F)ccc1N1CCCN(Cc2ccccc2)CC1. The molecule has 0 atom stereocenters. The van der Waals surface area contributed by atoms with Crippen LogP contribution < -0.4 is 4.90 Å². The van der Waals surface area contributed by atoms with Crippen molar-refractivity contribution in [1.29, 1.82) is 0 Å². The molecule has 1 aliphatic heterocycles. The zero-order valence-corrected chi connectivity index (χ0v) is 13.4. The lowest BCUT2D eigenvalue weighted by atomic mass is 10.2. The number of nitro groups is 1. The topological polar surface area (TPSA) is 49.6 Å². The van der Waals surface area contributed by atoms with Crippen molar-refractivity contribution in [3.05, 3.63) is 70.0 Å². The maximum Gasteiger partial charge on any atom is 0.295 e. The van der Waals surface area contributed by atoms with Crippen molar-refractivity contribution in [1.82, 2.24) is 4.90 Å². The van der Waals surface area contributed by atoms with Gasteiger partial charge < -0.3 is 4.90 Å². The Morgan fingerprint density at radius 1 is 1.04 bits per heavy atom. The monoisotopic (exact) mass is 329 g/mol. The third-order valence-electron chi connectivity index (χ3n) is 4.31. The maximum atomic E-state index is 13.3. The predicted molar refractivity (Wildman–Crippen MR) is 91.6 cm³/mol. The molecule has 1 saturated heterocycles. The van der Waals surface area contributed by atoms with E-state index < -0.39 is 10.7 Å². The van der Waals surface area contributed by atoms with Crippen molar-refractivity contribution in [2.45, 2.75) is 13.0 Å². The first-order valence-corrected chi connectivity index (χ1v) is 8.08. The molecular weight excluding hydrogens is 309 g/mol. The zero-order valence-electron chi connectivity index (χ0n) is 13.4. The van der Waals surface area contributed by atoms with Crippen LogP contribution in [-0.2, 0) is 6.54 Å². The van der Waals surface area contributed by atoms with Gasteiger partial charge >= 0.3 is 0 Å². The first kappa shape index (κ1) is 16.4. The normalized spacial score (nSPS) is 16.0. The molecule has 1 heterocycles. The highest BCUT2D eigenvalue weighted by Crippen LogP contribution is 2.29. The van der Waals surface area contributed by atoms with E-state index in [9.17, 15) is 14.5 Å². The van der Waals surface area contributed by atoms with Gasteiger partial charge in [-0.2, -0.15) is 0 Å². The van der Waals surface area contributed by atoms with Crippen LogP contribution in [0, 0.1) is 15.9 Å². The average molecular weight is 329 g/mol. The standard InChI is InChI=1S/C18H20FN3O2/c19-16-7-8-17(18(13-16)22(23)24)21-10-4-9-20(11-12-21)14-15-5-2-1-3-6-15/h1-3,5-8,13H,4,9-12,14H2. The van der Waals surface area contributed by atoms with Gasteiger partial charge in [0.2, 0.25) is 0 Å². The van der Waals surface area contributed by atoms with E-state index in [2.05, 4.69) is 17.0 Å². The number of benzene rings is 2. The molecule has 5 nitrogen and oxygen atoms in total. The Balaban J connectivity index is 1.71. The molecule has 0 radical (unpaired) electrons. The van der Waals surface area contributed by atoms with Crippen LogP contribution in [0.4, 0.5) is 15.8 Å². The number of hydrogen-bond acceptors (Lipinski definition) is 4. The van der Waals surface area contributed by atoms with Crippen LogP contribution in [0.5, 0.6) is 0 Å². The molecule has 2 aromatic carbocycles. The number of rotatable bonds is 4. The van der Waals surface area contributed by atoms with Gasteiger partial charge in [0.25, 0.3) is 5.69 Å². The molecule has 2 aromatic rings. The van der Waals surface area contributed by atoms with Crippen molar-refractivity contribution in [2.24, 2.45) is 0 Å². The smallest absolute Gasteiger partial charge is 0.295 e. The summed E-state index contributed by atoms with van der Waals surface area (Å²) >= 11 is 0. The van der Waals surface area contributed by atoms with Gasteiger partial charge in [0.1, 0.15) is 11.5 Å². The summed E-state index contributed by atoms with van der Waals surface area (Å²) in [6.07, 6.45) is 0.918. The molecule has 1 fully saturated rings.